The lowest BCUT2D eigenvalue weighted by atomic mass is 9.89. The van der Waals surface area contributed by atoms with Crippen LogP contribution in [0.5, 0.6) is 5.75 Å². The van der Waals surface area contributed by atoms with Crippen LogP contribution < -0.4 is 10.1 Å². The van der Waals surface area contributed by atoms with E-state index < -0.39 is 0 Å². The first kappa shape index (κ1) is 22.1. The van der Waals surface area contributed by atoms with Crippen LogP contribution in [0.3, 0.4) is 0 Å². The summed E-state index contributed by atoms with van der Waals surface area (Å²) in [5.41, 5.74) is 3.68. The second-order valence-corrected chi connectivity index (χ2v) is 9.89. The summed E-state index contributed by atoms with van der Waals surface area (Å²) >= 11 is 11.3. The number of thiophene rings is 1. The van der Waals surface area contributed by atoms with Gasteiger partial charge in [-0.3, -0.25) is 4.79 Å². The van der Waals surface area contributed by atoms with Crippen LogP contribution in [-0.4, -0.2) is 12.5 Å². The van der Waals surface area contributed by atoms with Gasteiger partial charge in [-0.25, -0.2) is 0 Å². The SMILES string of the molecule is Cc1cc(OCCCC(=O)Nc2sc3c(c2C#N)CCC(C)C3)c(Br)c(C)c1Cl. The van der Waals surface area contributed by atoms with Crippen molar-refractivity contribution >= 4 is 49.8 Å². The van der Waals surface area contributed by atoms with Crippen molar-refractivity contribution in [1.82, 2.24) is 0 Å². The number of nitrogens with one attached hydrogen (secondary N) is 1. The molecule has 154 valence electrons. The first-order valence-electron chi connectivity index (χ1n) is 9.74. The lowest BCUT2D eigenvalue weighted by Crippen LogP contribution is -2.13. The first-order chi connectivity index (χ1) is 13.8. The summed E-state index contributed by atoms with van der Waals surface area (Å²) in [6.45, 7) is 6.54. The lowest BCUT2D eigenvalue weighted by Gasteiger charge is -2.17. The summed E-state index contributed by atoms with van der Waals surface area (Å²) < 4.78 is 6.68. The third-order valence-electron chi connectivity index (χ3n) is 5.25. The maximum absolute atomic E-state index is 12.4. The van der Waals surface area contributed by atoms with Gasteiger partial charge in [0.2, 0.25) is 5.91 Å². The molecule has 1 atom stereocenters. The normalized spacial score (nSPS) is 15.5. The van der Waals surface area contributed by atoms with E-state index in [2.05, 4.69) is 34.2 Å². The first-order valence-corrected chi connectivity index (χ1v) is 11.7. The number of halogens is 2. The number of rotatable bonds is 6. The molecule has 0 saturated heterocycles. The number of hydrogen-bond donors (Lipinski definition) is 1. The Morgan fingerprint density at radius 2 is 2.24 bits per heavy atom. The van der Waals surface area contributed by atoms with Gasteiger partial charge in [0.1, 0.15) is 16.8 Å². The molecule has 1 aromatic heterocycles. The molecule has 0 bridgehead atoms. The molecule has 2 aromatic rings. The minimum absolute atomic E-state index is 0.0840. The molecule has 1 heterocycles. The molecule has 1 unspecified atom stereocenters. The second kappa shape index (κ2) is 9.51. The number of nitrogens with zero attached hydrogens (tertiary/aromatic N) is 1. The summed E-state index contributed by atoms with van der Waals surface area (Å²) in [5, 5.41) is 13.9. The van der Waals surface area contributed by atoms with Crippen molar-refractivity contribution in [3.8, 4) is 11.8 Å². The number of anilines is 1. The molecule has 29 heavy (non-hydrogen) atoms. The van der Waals surface area contributed by atoms with Crippen LogP contribution in [0.1, 0.15) is 53.3 Å². The third-order valence-corrected chi connectivity index (χ3v) is 7.99. The maximum Gasteiger partial charge on any atom is 0.225 e. The molecular weight excluding hydrogens is 472 g/mol. The predicted molar refractivity (Wildman–Crippen MR) is 122 cm³/mol. The van der Waals surface area contributed by atoms with Gasteiger partial charge in [0.05, 0.1) is 16.6 Å². The molecule has 1 aliphatic rings. The van der Waals surface area contributed by atoms with Crippen LogP contribution in [0.2, 0.25) is 5.02 Å². The van der Waals surface area contributed by atoms with Gasteiger partial charge in [-0.05, 0) is 84.1 Å². The van der Waals surface area contributed by atoms with Gasteiger partial charge in [0.25, 0.3) is 0 Å². The highest BCUT2D eigenvalue weighted by Crippen LogP contribution is 2.39. The average Bonchev–Trinajstić information content (AvgIpc) is 3.02. The molecule has 0 spiro atoms. The Morgan fingerprint density at radius 1 is 1.48 bits per heavy atom. The smallest absolute Gasteiger partial charge is 0.225 e. The molecule has 1 N–H and O–H groups in total. The van der Waals surface area contributed by atoms with Crippen molar-refractivity contribution < 1.29 is 9.53 Å². The standard InChI is InChI=1S/C22H24BrClN2O2S/c1-12-6-7-15-16(11-25)22(29-18(15)9-12)26-19(27)5-4-8-28-17-10-13(2)21(24)14(3)20(17)23/h10,12H,4-9H2,1-3H3,(H,26,27). The van der Waals surface area contributed by atoms with Gasteiger partial charge >= 0.3 is 0 Å². The van der Waals surface area contributed by atoms with Crippen molar-refractivity contribution in [2.45, 2.75) is 52.9 Å². The Bertz CT molecular complexity index is 980. The molecule has 7 heteroatoms. The predicted octanol–water partition coefficient (Wildman–Crippen LogP) is 6.58. The highest BCUT2D eigenvalue weighted by atomic mass is 79.9. The molecule has 1 amide bonds. The maximum atomic E-state index is 12.4. The van der Waals surface area contributed by atoms with Crippen molar-refractivity contribution in [3.05, 3.63) is 42.7 Å². The minimum atomic E-state index is -0.0840. The van der Waals surface area contributed by atoms with E-state index in [1.807, 2.05) is 19.9 Å². The largest absolute Gasteiger partial charge is 0.492 e. The Balaban J connectivity index is 1.55. The zero-order chi connectivity index (χ0) is 21.1. The van der Waals surface area contributed by atoms with E-state index in [0.29, 0.717) is 35.9 Å². The van der Waals surface area contributed by atoms with E-state index >= 15 is 0 Å². The highest BCUT2D eigenvalue weighted by molar-refractivity contribution is 9.10. The number of benzene rings is 1. The zero-order valence-corrected chi connectivity index (χ0v) is 20.0. The zero-order valence-electron chi connectivity index (χ0n) is 16.8. The topological polar surface area (TPSA) is 62.1 Å². The Kier molecular flexibility index (Phi) is 7.26. The number of aryl methyl sites for hydroxylation is 1. The van der Waals surface area contributed by atoms with E-state index in [1.165, 1.54) is 4.88 Å². The third kappa shape index (κ3) is 4.96. The Hall–Kier alpha value is -1.55. The molecule has 0 fully saturated rings. The number of carbonyl (C=O) groups excluding carboxylic acids is 1. The van der Waals surface area contributed by atoms with E-state index in [-0.39, 0.29) is 5.91 Å². The van der Waals surface area contributed by atoms with Gasteiger partial charge in [-0.1, -0.05) is 18.5 Å². The van der Waals surface area contributed by atoms with E-state index in [9.17, 15) is 10.1 Å². The lowest BCUT2D eigenvalue weighted by molar-refractivity contribution is -0.116. The second-order valence-electron chi connectivity index (χ2n) is 7.61. The van der Waals surface area contributed by atoms with Crippen LogP contribution in [0.15, 0.2) is 10.5 Å². The monoisotopic (exact) mass is 494 g/mol. The Labute approximate surface area is 189 Å². The van der Waals surface area contributed by atoms with E-state index in [1.54, 1.807) is 11.3 Å². The molecule has 3 rings (SSSR count). The van der Waals surface area contributed by atoms with Crippen LogP contribution in [0, 0.1) is 31.1 Å². The van der Waals surface area contributed by atoms with Crippen LogP contribution in [0.25, 0.3) is 0 Å². The van der Waals surface area contributed by atoms with Crippen molar-refractivity contribution in [3.63, 3.8) is 0 Å². The molecule has 4 nitrogen and oxygen atoms in total. The summed E-state index contributed by atoms with van der Waals surface area (Å²) in [7, 11) is 0. The minimum Gasteiger partial charge on any atom is -0.492 e. The van der Waals surface area contributed by atoms with Crippen molar-refractivity contribution in [2.75, 3.05) is 11.9 Å². The van der Waals surface area contributed by atoms with E-state index in [0.717, 1.165) is 51.2 Å². The number of carbonyl (C=O) groups is 1. The molecule has 1 aromatic carbocycles. The summed E-state index contributed by atoms with van der Waals surface area (Å²) in [5.74, 6) is 1.28. The summed E-state index contributed by atoms with van der Waals surface area (Å²) in [6.07, 6.45) is 3.94. The van der Waals surface area contributed by atoms with Gasteiger partial charge in [-0.15, -0.1) is 11.3 Å². The fraction of sp³-hybridized carbons (Fsp3) is 0.455. The number of hydrogen-bond acceptors (Lipinski definition) is 4. The van der Waals surface area contributed by atoms with Gasteiger partial charge in [-0.2, -0.15) is 5.26 Å². The van der Waals surface area contributed by atoms with Crippen molar-refractivity contribution in [1.29, 1.82) is 5.26 Å². The summed E-state index contributed by atoms with van der Waals surface area (Å²) in [6, 6.07) is 4.19. The average molecular weight is 496 g/mol. The van der Waals surface area contributed by atoms with Crippen LogP contribution in [0.4, 0.5) is 5.00 Å². The number of amides is 1. The highest BCUT2D eigenvalue weighted by Gasteiger charge is 2.24. The molecule has 0 aliphatic heterocycles. The quantitative estimate of drug-likeness (QED) is 0.461. The van der Waals surface area contributed by atoms with Gasteiger partial charge in [0.15, 0.2) is 0 Å². The molecule has 1 aliphatic carbocycles. The number of ether oxygens (including phenoxy) is 1. The summed E-state index contributed by atoms with van der Waals surface area (Å²) in [4.78, 5) is 13.6. The van der Waals surface area contributed by atoms with Crippen molar-refractivity contribution in [2.24, 2.45) is 5.92 Å². The van der Waals surface area contributed by atoms with E-state index in [4.69, 9.17) is 16.3 Å². The number of nitriles is 1. The van der Waals surface area contributed by atoms with Gasteiger partial charge < -0.3 is 10.1 Å². The van der Waals surface area contributed by atoms with Crippen LogP contribution >= 0.6 is 38.9 Å². The fourth-order valence-corrected chi connectivity index (χ4v) is 5.63. The van der Waals surface area contributed by atoms with Gasteiger partial charge in [0, 0.05) is 16.3 Å². The Morgan fingerprint density at radius 3 is 2.97 bits per heavy atom. The molecular formula is C22H24BrClN2O2S. The number of fused-ring (bicyclic) bond motifs is 1. The molecule has 0 radical (unpaired) electrons. The molecule has 0 saturated carbocycles. The van der Waals surface area contributed by atoms with Crippen LogP contribution in [-0.2, 0) is 17.6 Å². The fourth-order valence-electron chi connectivity index (χ4n) is 3.57.